The van der Waals surface area contributed by atoms with Gasteiger partial charge >= 0.3 is 5.97 Å². The molecule has 0 bridgehead atoms. The fraction of sp³-hybridized carbons (Fsp3) is 0.640. The molecule has 28 heavy (non-hydrogen) atoms. The molecular weight excluding hydrogens is 348 g/mol. The SMILES string of the molecule is CCCCCCCCC=CCCCCCCCCOc1ccccc1C(=O)O. The number of unbranched alkanes of at least 4 members (excludes halogenated alkanes) is 12. The number of rotatable bonds is 18. The lowest BCUT2D eigenvalue weighted by atomic mass is 10.1. The molecule has 0 atom stereocenters. The zero-order valence-corrected chi connectivity index (χ0v) is 17.8. The summed E-state index contributed by atoms with van der Waals surface area (Å²) in [6.45, 7) is 2.85. The van der Waals surface area contributed by atoms with E-state index in [0.717, 1.165) is 12.8 Å². The van der Waals surface area contributed by atoms with Crippen molar-refractivity contribution < 1.29 is 14.6 Å². The molecule has 1 aromatic carbocycles. The van der Waals surface area contributed by atoms with Gasteiger partial charge in [0.15, 0.2) is 0 Å². The van der Waals surface area contributed by atoms with Crippen molar-refractivity contribution >= 4 is 5.97 Å². The van der Waals surface area contributed by atoms with Crippen molar-refractivity contribution in [2.24, 2.45) is 0 Å². The number of carboxylic acid groups (broad SMARTS) is 1. The van der Waals surface area contributed by atoms with Gasteiger partial charge in [0.2, 0.25) is 0 Å². The summed E-state index contributed by atoms with van der Waals surface area (Å²) < 4.78 is 5.63. The Labute approximate surface area is 172 Å². The maximum Gasteiger partial charge on any atom is 0.339 e. The Balaban J connectivity index is 1.88. The van der Waals surface area contributed by atoms with Crippen LogP contribution in [0.2, 0.25) is 0 Å². The van der Waals surface area contributed by atoms with Crippen LogP contribution in [-0.4, -0.2) is 17.7 Å². The fourth-order valence-corrected chi connectivity index (χ4v) is 3.30. The largest absolute Gasteiger partial charge is 0.493 e. The second kappa shape index (κ2) is 17.3. The van der Waals surface area contributed by atoms with Crippen LogP contribution in [0.15, 0.2) is 36.4 Å². The molecule has 158 valence electrons. The van der Waals surface area contributed by atoms with Crippen molar-refractivity contribution in [1.82, 2.24) is 0 Å². The minimum absolute atomic E-state index is 0.243. The molecule has 0 spiro atoms. The van der Waals surface area contributed by atoms with Gasteiger partial charge in [0.1, 0.15) is 11.3 Å². The number of hydrogen-bond acceptors (Lipinski definition) is 2. The molecule has 0 aromatic heterocycles. The maximum atomic E-state index is 11.1. The predicted octanol–water partition coefficient (Wildman–Crippen LogP) is 7.80. The molecule has 0 saturated heterocycles. The van der Waals surface area contributed by atoms with Crippen LogP contribution in [0.4, 0.5) is 0 Å². The van der Waals surface area contributed by atoms with Gasteiger partial charge in [-0.1, -0.05) is 89.0 Å². The van der Waals surface area contributed by atoms with Crippen molar-refractivity contribution in [2.45, 2.75) is 96.8 Å². The van der Waals surface area contributed by atoms with Crippen LogP contribution in [0, 0.1) is 0 Å². The number of benzene rings is 1. The van der Waals surface area contributed by atoms with E-state index in [0.29, 0.717) is 12.4 Å². The third kappa shape index (κ3) is 12.6. The van der Waals surface area contributed by atoms with E-state index >= 15 is 0 Å². The van der Waals surface area contributed by atoms with E-state index in [1.165, 1.54) is 77.0 Å². The van der Waals surface area contributed by atoms with Crippen molar-refractivity contribution in [3.05, 3.63) is 42.0 Å². The van der Waals surface area contributed by atoms with Crippen LogP contribution >= 0.6 is 0 Å². The highest BCUT2D eigenvalue weighted by atomic mass is 16.5. The molecular formula is C25H40O3. The molecule has 0 saturated carbocycles. The first kappa shape index (κ1) is 24.3. The molecule has 0 radical (unpaired) electrons. The molecule has 0 aliphatic rings. The average molecular weight is 389 g/mol. The van der Waals surface area contributed by atoms with Gasteiger partial charge in [0.05, 0.1) is 6.61 Å². The number of para-hydroxylation sites is 1. The topological polar surface area (TPSA) is 46.5 Å². The summed E-state index contributed by atoms with van der Waals surface area (Å²) in [6.07, 6.45) is 22.7. The van der Waals surface area contributed by atoms with Gasteiger partial charge in [-0.3, -0.25) is 0 Å². The number of aromatic carboxylic acids is 1. The van der Waals surface area contributed by atoms with E-state index in [1.807, 2.05) is 6.07 Å². The van der Waals surface area contributed by atoms with Crippen LogP contribution in [0.1, 0.15) is 107 Å². The van der Waals surface area contributed by atoms with Crippen LogP contribution in [-0.2, 0) is 0 Å². The Kier molecular flexibility index (Phi) is 15.0. The average Bonchev–Trinajstić information content (AvgIpc) is 2.70. The Morgan fingerprint density at radius 2 is 1.36 bits per heavy atom. The van der Waals surface area contributed by atoms with Crippen molar-refractivity contribution in [3.63, 3.8) is 0 Å². The number of carboxylic acids is 1. The molecule has 0 heterocycles. The standard InChI is InChI=1S/C25H40O3/c1-2-3-4-5-6-7-8-9-10-11-12-13-14-15-16-19-22-28-24-21-18-17-20-23(24)25(26)27/h9-10,17-18,20-21H,2-8,11-16,19,22H2,1H3,(H,26,27). The fourth-order valence-electron chi connectivity index (χ4n) is 3.30. The molecule has 0 fully saturated rings. The second-order valence-corrected chi connectivity index (χ2v) is 7.59. The van der Waals surface area contributed by atoms with Gasteiger partial charge in [-0.05, 0) is 44.2 Å². The molecule has 1 rings (SSSR count). The summed E-state index contributed by atoms with van der Waals surface area (Å²) in [4.78, 5) is 11.1. The van der Waals surface area contributed by atoms with Gasteiger partial charge in [0, 0.05) is 0 Å². The first-order valence-electron chi connectivity index (χ1n) is 11.4. The van der Waals surface area contributed by atoms with E-state index in [9.17, 15) is 4.79 Å². The summed E-state index contributed by atoms with van der Waals surface area (Å²) in [6, 6.07) is 6.84. The smallest absolute Gasteiger partial charge is 0.339 e. The van der Waals surface area contributed by atoms with Crippen molar-refractivity contribution in [2.75, 3.05) is 6.61 Å². The summed E-state index contributed by atoms with van der Waals surface area (Å²) in [5.74, 6) is -0.459. The van der Waals surface area contributed by atoms with Crippen LogP contribution in [0.3, 0.4) is 0 Å². The van der Waals surface area contributed by atoms with Gasteiger partial charge in [0.25, 0.3) is 0 Å². The summed E-state index contributed by atoms with van der Waals surface area (Å²) in [5, 5.41) is 9.12. The quantitative estimate of drug-likeness (QED) is 0.206. The molecule has 0 aliphatic heterocycles. The van der Waals surface area contributed by atoms with Gasteiger partial charge in [-0.25, -0.2) is 4.79 Å². The van der Waals surface area contributed by atoms with Crippen molar-refractivity contribution in [1.29, 1.82) is 0 Å². The Bertz CT molecular complexity index is 536. The highest BCUT2D eigenvalue weighted by Gasteiger charge is 2.09. The number of hydrogen-bond donors (Lipinski definition) is 1. The molecule has 1 aromatic rings. The first-order chi connectivity index (χ1) is 13.8. The number of allylic oxidation sites excluding steroid dienone is 2. The molecule has 0 amide bonds. The zero-order valence-electron chi connectivity index (χ0n) is 17.8. The number of ether oxygens (including phenoxy) is 1. The van der Waals surface area contributed by atoms with Gasteiger partial charge in [-0.2, -0.15) is 0 Å². The number of carbonyl (C=O) groups is 1. The normalized spacial score (nSPS) is 11.2. The van der Waals surface area contributed by atoms with Crippen LogP contribution < -0.4 is 4.74 Å². The first-order valence-corrected chi connectivity index (χ1v) is 11.4. The van der Waals surface area contributed by atoms with Crippen LogP contribution in [0.25, 0.3) is 0 Å². The highest BCUT2D eigenvalue weighted by molar-refractivity contribution is 5.90. The minimum atomic E-state index is -0.934. The third-order valence-electron chi connectivity index (χ3n) is 5.03. The van der Waals surface area contributed by atoms with Crippen molar-refractivity contribution in [3.8, 4) is 5.75 Å². The Morgan fingerprint density at radius 1 is 0.821 bits per heavy atom. The third-order valence-corrected chi connectivity index (χ3v) is 5.03. The molecule has 3 heteroatoms. The lowest BCUT2D eigenvalue weighted by molar-refractivity contribution is 0.0692. The summed E-state index contributed by atoms with van der Waals surface area (Å²) >= 11 is 0. The van der Waals surface area contributed by atoms with E-state index in [1.54, 1.807) is 18.2 Å². The summed E-state index contributed by atoms with van der Waals surface area (Å²) in [5.41, 5.74) is 0.243. The van der Waals surface area contributed by atoms with E-state index < -0.39 is 5.97 Å². The highest BCUT2D eigenvalue weighted by Crippen LogP contribution is 2.18. The lowest BCUT2D eigenvalue weighted by Crippen LogP contribution is -2.04. The van der Waals surface area contributed by atoms with Gasteiger partial charge in [-0.15, -0.1) is 0 Å². The van der Waals surface area contributed by atoms with Crippen LogP contribution in [0.5, 0.6) is 5.75 Å². The second-order valence-electron chi connectivity index (χ2n) is 7.59. The Morgan fingerprint density at radius 3 is 1.96 bits per heavy atom. The maximum absolute atomic E-state index is 11.1. The molecule has 3 nitrogen and oxygen atoms in total. The molecule has 0 aliphatic carbocycles. The monoisotopic (exact) mass is 388 g/mol. The molecule has 1 N–H and O–H groups in total. The minimum Gasteiger partial charge on any atom is -0.493 e. The predicted molar refractivity (Wildman–Crippen MR) is 118 cm³/mol. The zero-order chi connectivity index (χ0) is 20.3. The Hall–Kier alpha value is -1.77. The summed E-state index contributed by atoms with van der Waals surface area (Å²) in [7, 11) is 0. The van der Waals surface area contributed by atoms with E-state index in [4.69, 9.17) is 9.84 Å². The van der Waals surface area contributed by atoms with Gasteiger partial charge < -0.3 is 9.84 Å². The molecule has 0 unspecified atom stereocenters. The lowest BCUT2D eigenvalue weighted by Gasteiger charge is -2.08. The van der Waals surface area contributed by atoms with E-state index in [2.05, 4.69) is 19.1 Å². The van der Waals surface area contributed by atoms with E-state index in [-0.39, 0.29) is 5.56 Å².